The second kappa shape index (κ2) is 6.62. The minimum absolute atomic E-state index is 0.0117. The van der Waals surface area contributed by atoms with Crippen LogP contribution in [0.1, 0.15) is 28.8 Å². The van der Waals surface area contributed by atoms with Crippen molar-refractivity contribution >= 4 is 33.6 Å². The molecule has 3 nitrogen and oxygen atoms in total. The number of carbonyl (C=O) groups excluding carboxylic acids is 1. The van der Waals surface area contributed by atoms with Crippen molar-refractivity contribution in [2.75, 3.05) is 0 Å². The Morgan fingerprint density at radius 3 is 2.95 bits per heavy atom. The van der Waals surface area contributed by atoms with Gasteiger partial charge in [0.25, 0.3) is 5.91 Å². The lowest BCUT2D eigenvalue weighted by Crippen LogP contribution is -2.26. The Morgan fingerprint density at radius 2 is 2.19 bits per heavy atom. The number of pyridine rings is 1. The van der Waals surface area contributed by atoms with Crippen molar-refractivity contribution < 1.29 is 4.79 Å². The van der Waals surface area contributed by atoms with Crippen molar-refractivity contribution in [3.8, 4) is 0 Å². The van der Waals surface area contributed by atoms with Crippen LogP contribution in [0.15, 0.2) is 52.1 Å². The molecule has 108 valence electrons. The van der Waals surface area contributed by atoms with Gasteiger partial charge in [0.15, 0.2) is 0 Å². The van der Waals surface area contributed by atoms with Crippen LogP contribution in [0, 0.1) is 0 Å². The maximum atomic E-state index is 12.2. The fourth-order valence-electron chi connectivity index (χ4n) is 1.95. The minimum Gasteiger partial charge on any atom is -0.349 e. The molecule has 0 saturated heterocycles. The molecule has 1 aliphatic rings. The van der Waals surface area contributed by atoms with E-state index >= 15 is 0 Å². The predicted octanol–water partition coefficient (Wildman–Crippen LogP) is 4.03. The largest absolute Gasteiger partial charge is 0.349 e. The van der Waals surface area contributed by atoms with Crippen molar-refractivity contribution in [2.24, 2.45) is 0 Å². The molecule has 3 rings (SSSR count). The molecule has 1 amide bonds. The number of carbonyl (C=O) groups is 1. The van der Waals surface area contributed by atoms with E-state index in [2.05, 4.69) is 38.4 Å². The fraction of sp³-hybridized carbons (Fsp3) is 0.250. The summed E-state index contributed by atoms with van der Waals surface area (Å²) in [6, 6.07) is 12.2. The van der Waals surface area contributed by atoms with E-state index in [9.17, 15) is 4.79 Å². The van der Waals surface area contributed by atoms with E-state index < -0.39 is 0 Å². The SMILES string of the molecule is O=C(NC1CC1)c1cccnc1SCc1cccc(Br)c1. The van der Waals surface area contributed by atoms with Gasteiger partial charge in [-0.05, 0) is 42.7 Å². The third-order valence-corrected chi connectivity index (χ3v) is 4.76. The number of aromatic nitrogens is 1. The summed E-state index contributed by atoms with van der Waals surface area (Å²) in [5.41, 5.74) is 1.87. The summed E-state index contributed by atoms with van der Waals surface area (Å²) in [4.78, 5) is 16.6. The van der Waals surface area contributed by atoms with Gasteiger partial charge in [-0.15, -0.1) is 11.8 Å². The normalized spacial score (nSPS) is 14.0. The number of halogens is 1. The molecule has 1 aromatic carbocycles. The van der Waals surface area contributed by atoms with Gasteiger partial charge in [-0.3, -0.25) is 4.79 Å². The summed E-state index contributed by atoms with van der Waals surface area (Å²) >= 11 is 5.06. The molecular formula is C16H15BrN2OS. The number of nitrogens with one attached hydrogen (secondary N) is 1. The Bertz CT molecular complexity index is 658. The smallest absolute Gasteiger partial charge is 0.254 e. The van der Waals surface area contributed by atoms with Gasteiger partial charge in [0.2, 0.25) is 0 Å². The quantitative estimate of drug-likeness (QED) is 0.816. The lowest BCUT2D eigenvalue weighted by Gasteiger charge is -2.08. The van der Waals surface area contributed by atoms with Crippen molar-refractivity contribution in [2.45, 2.75) is 29.7 Å². The molecule has 1 aromatic heterocycles. The van der Waals surface area contributed by atoms with Crippen molar-refractivity contribution in [1.82, 2.24) is 10.3 Å². The topological polar surface area (TPSA) is 42.0 Å². The molecular weight excluding hydrogens is 348 g/mol. The van der Waals surface area contributed by atoms with Gasteiger partial charge in [0.1, 0.15) is 5.03 Å². The van der Waals surface area contributed by atoms with Crippen molar-refractivity contribution in [3.05, 3.63) is 58.2 Å². The number of hydrogen-bond acceptors (Lipinski definition) is 3. The number of rotatable bonds is 5. The molecule has 1 N–H and O–H groups in total. The van der Waals surface area contributed by atoms with E-state index in [0.29, 0.717) is 11.6 Å². The summed E-state index contributed by atoms with van der Waals surface area (Å²) < 4.78 is 1.06. The van der Waals surface area contributed by atoms with Crippen molar-refractivity contribution in [1.29, 1.82) is 0 Å². The summed E-state index contributed by atoms with van der Waals surface area (Å²) in [5.74, 6) is 0.780. The summed E-state index contributed by atoms with van der Waals surface area (Å²) in [6.45, 7) is 0. The standard InChI is InChI=1S/C16H15BrN2OS/c17-12-4-1-3-11(9-12)10-21-16-14(5-2-8-18-16)15(20)19-13-6-7-13/h1-5,8-9,13H,6-7,10H2,(H,19,20). The highest BCUT2D eigenvalue weighted by atomic mass is 79.9. The minimum atomic E-state index is -0.0117. The second-order valence-corrected chi connectivity index (χ2v) is 6.90. The zero-order chi connectivity index (χ0) is 14.7. The Labute approximate surface area is 136 Å². The van der Waals surface area contributed by atoms with Gasteiger partial charge in [0.05, 0.1) is 5.56 Å². The molecule has 0 radical (unpaired) electrons. The lowest BCUT2D eigenvalue weighted by molar-refractivity contribution is 0.0947. The maximum absolute atomic E-state index is 12.2. The van der Waals surface area contributed by atoms with Crippen LogP contribution in [-0.4, -0.2) is 16.9 Å². The summed E-state index contributed by atoms with van der Waals surface area (Å²) in [7, 11) is 0. The van der Waals surface area contributed by atoms with Gasteiger partial charge < -0.3 is 5.32 Å². The zero-order valence-electron chi connectivity index (χ0n) is 11.4. The van der Waals surface area contributed by atoms with E-state index in [1.165, 1.54) is 5.56 Å². The monoisotopic (exact) mass is 362 g/mol. The highest BCUT2D eigenvalue weighted by Gasteiger charge is 2.25. The molecule has 0 atom stereocenters. The molecule has 0 spiro atoms. The van der Waals surface area contributed by atoms with Gasteiger partial charge in [-0.25, -0.2) is 4.98 Å². The Kier molecular flexibility index (Phi) is 4.60. The van der Waals surface area contributed by atoms with Crippen LogP contribution in [0.25, 0.3) is 0 Å². The van der Waals surface area contributed by atoms with Crippen LogP contribution in [0.2, 0.25) is 0 Å². The van der Waals surface area contributed by atoms with E-state index in [1.54, 1.807) is 18.0 Å². The van der Waals surface area contributed by atoms with Gasteiger partial charge in [0, 0.05) is 22.5 Å². The van der Waals surface area contributed by atoms with E-state index in [0.717, 1.165) is 28.1 Å². The van der Waals surface area contributed by atoms with Crippen LogP contribution < -0.4 is 5.32 Å². The van der Waals surface area contributed by atoms with E-state index in [4.69, 9.17) is 0 Å². The molecule has 1 heterocycles. The molecule has 21 heavy (non-hydrogen) atoms. The number of hydrogen-bond donors (Lipinski definition) is 1. The first-order chi connectivity index (χ1) is 10.2. The fourth-order valence-corrected chi connectivity index (χ4v) is 3.33. The van der Waals surface area contributed by atoms with E-state index in [-0.39, 0.29) is 5.91 Å². The second-order valence-electron chi connectivity index (χ2n) is 5.02. The van der Waals surface area contributed by atoms with Gasteiger partial charge >= 0.3 is 0 Å². The summed E-state index contributed by atoms with van der Waals surface area (Å²) in [5, 5.41) is 3.81. The zero-order valence-corrected chi connectivity index (χ0v) is 13.8. The summed E-state index contributed by atoms with van der Waals surface area (Å²) in [6.07, 6.45) is 3.91. The highest BCUT2D eigenvalue weighted by Crippen LogP contribution is 2.26. The molecule has 0 aliphatic heterocycles. The van der Waals surface area contributed by atoms with E-state index in [1.807, 2.05) is 24.3 Å². The molecule has 2 aromatic rings. The van der Waals surface area contributed by atoms with Gasteiger partial charge in [-0.1, -0.05) is 28.1 Å². The highest BCUT2D eigenvalue weighted by molar-refractivity contribution is 9.10. The van der Waals surface area contributed by atoms with Crippen LogP contribution in [0.3, 0.4) is 0 Å². The van der Waals surface area contributed by atoms with Crippen LogP contribution >= 0.6 is 27.7 Å². The number of thioether (sulfide) groups is 1. The van der Waals surface area contributed by atoms with Crippen molar-refractivity contribution in [3.63, 3.8) is 0 Å². The molecule has 1 saturated carbocycles. The molecule has 5 heteroatoms. The number of benzene rings is 1. The Balaban J connectivity index is 1.71. The van der Waals surface area contributed by atoms with Crippen LogP contribution in [-0.2, 0) is 5.75 Å². The first kappa shape index (κ1) is 14.6. The third-order valence-electron chi connectivity index (χ3n) is 3.19. The molecule has 1 aliphatic carbocycles. The third kappa shape index (κ3) is 4.08. The maximum Gasteiger partial charge on any atom is 0.254 e. The molecule has 0 unspecified atom stereocenters. The lowest BCUT2D eigenvalue weighted by atomic mass is 10.2. The first-order valence-electron chi connectivity index (χ1n) is 6.85. The number of amides is 1. The average molecular weight is 363 g/mol. The first-order valence-corrected chi connectivity index (χ1v) is 8.63. The van der Waals surface area contributed by atoms with Crippen LogP contribution in [0.5, 0.6) is 0 Å². The Morgan fingerprint density at radius 1 is 1.33 bits per heavy atom. The van der Waals surface area contributed by atoms with Crippen LogP contribution in [0.4, 0.5) is 0 Å². The van der Waals surface area contributed by atoms with Gasteiger partial charge in [-0.2, -0.15) is 0 Å². The molecule has 0 bridgehead atoms. The average Bonchev–Trinajstić information content (AvgIpc) is 3.29. The number of nitrogens with zero attached hydrogens (tertiary/aromatic N) is 1. The Hall–Kier alpha value is -1.33. The predicted molar refractivity (Wildman–Crippen MR) is 88.4 cm³/mol. The molecule has 1 fully saturated rings.